The number of nitrogens with one attached hydrogen (secondary N) is 1. The summed E-state index contributed by atoms with van der Waals surface area (Å²) in [5.41, 5.74) is 1.69. The molecule has 0 saturated heterocycles. The molecule has 0 bridgehead atoms. The number of benzene rings is 1. The number of aromatic nitrogens is 2. The zero-order chi connectivity index (χ0) is 17.2. The monoisotopic (exact) mass is 335 g/mol. The van der Waals surface area contributed by atoms with Crippen molar-refractivity contribution in [1.29, 1.82) is 0 Å². The van der Waals surface area contributed by atoms with Gasteiger partial charge in [0.2, 0.25) is 5.91 Å². The molecule has 1 amide bonds. The van der Waals surface area contributed by atoms with Crippen molar-refractivity contribution in [3.8, 4) is 11.8 Å². The number of amides is 1. The standard InChI is InChI=1S/C19H17N3O3/c1-12-10-13(25-19-20-7-3-8-21-19)5-6-16(12)22-18(23)15-11-14(15)17-4-2-9-24-17/h2-10,14-15H,11H2,1H3,(H,22,23)/t14-,15-/m0/s1. The first-order valence-electron chi connectivity index (χ1n) is 8.10. The van der Waals surface area contributed by atoms with Gasteiger partial charge in [0.1, 0.15) is 11.5 Å². The third-order valence-electron chi connectivity index (χ3n) is 4.24. The number of hydrogen-bond donors (Lipinski definition) is 1. The summed E-state index contributed by atoms with van der Waals surface area (Å²) in [6, 6.07) is 11.3. The van der Waals surface area contributed by atoms with Crippen LogP contribution in [0.15, 0.2) is 59.5 Å². The fraction of sp³-hybridized carbons (Fsp3) is 0.211. The maximum absolute atomic E-state index is 12.4. The average molecular weight is 335 g/mol. The average Bonchev–Trinajstić information content (AvgIpc) is 3.24. The van der Waals surface area contributed by atoms with Gasteiger partial charge in [-0.25, -0.2) is 9.97 Å². The van der Waals surface area contributed by atoms with Crippen molar-refractivity contribution in [3.63, 3.8) is 0 Å². The lowest BCUT2D eigenvalue weighted by Gasteiger charge is -2.10. The Labute approximate surface area is 144 Å². The second-order valence-corrected chi connectivity index (χ2v) is 6.06. The summed E-state index contributed by atoms with van der Waals surface area (Å²) in [6.45, 7) is 1.92. The molecule has 1 saturated carbocycles. The molecule has 126 valence electrons. The number of aryl methyl sites for hydroxylation is 1. The van der Waals surface area contributed by atoms with Crippen molar-refractivity contribution >= 4 is 11.6 Å². The van der Waals surface area contributed by atoms with Gasteiger partial charge in [-0.1, -0.05) is 0 Å². The molecule has 0 aliphatic heterocycles. The van der Waals surface area contributed by atoms with Crippen LogP contribution >= 0.6 is 0 Å². The van der Waals surface area contributed by atoms with E-state index in [-0.39, 0.29) is 23.8 Å². The van der Waals surface area contributed by atoms with Gasteiger partial charge in [0.05, 0.1) is 6.26 Å². The Bertz CT molecular complexity index is 878. The van der Waals surface area contributed by atoms with Crippen LogP contribution in [0.2, 0.25) is 0 Å². The van der Waals surface area contributed by atoms with Gasteiger partial charge in [-0.2, -0.15) is 0 Å². The normalized spacial score (nSPS) is 18.6. The molecule has 1 fully saturated rings. The van der Waals surface area contributed by atoms with Gasteiger partial charge in [-0.15, -0.1) is 0 Å². The fourth-order valence-corrected chi connectivity index (χ4v) is 2.81. The number of rotatable bonds is 5. The molecule has 0 spiro atoms. The Hall–Kier alpha value is -3.15. The zero-order valence-corrected chi connectivity index (χ0v) is 13.7. The molecule has 2 heterocycles. The van der Waals surface area contributed by atoms with Gasteiger partial charge < -0.3 is 14.5 Å². The Morgan fingerprint density at radius 2 is 2.08 bits per heavy atom. The number of nitrogens with zero attached hydrogens (tertiary/aromatic N) is 2. The highest BCUT2D eigenvalue weighted by molar-refractivity contribution is 5.95. The third-order valence-corrected chi connectivity index (χ3v) is 4.24. The Balaban J connectivity index is 1.40. The van der Waals surface area contributed by atoms with Crippen LogP contribution in [0.25, 0.3) is 0 Å². The Morgan fingerprint density at radius 1 is 1.24 bits per heavy atom. The molecular formula is C19H17N3O3. The summed E-state index contributed by atoms with van der Waals surface area (Å²) in [6.07, 6.45) is 5.70. The van der Waals surface area contributed by atoms with Crippen LogP contribution in [0.1, 0.15) is 23.7 Å². The number of furan rings is 1. The van der Waals surface area contributed by atoms with Crippen molar-refractivity contribution < 1.29 is 13.9 Å². The highest BCUT2D eigenvalue weighted by atomic mass is 16.5. The molecule has 1 aliphatic rings. The van der Waals surface area contributed by atoms with E-state index in [1.165, 1.54) is 0 Å². The number of carbonyl (C=O) groups is 1. The Morgan fingerprint density at radius 3 is 2.80 bits per heavy atom. The van der Waals surface area contributed by atoms with E-state index in [0.717, 1.165) is 23.4 Å². The van der Waals surface area contributed by atoms with Crippen molar-refractivity contribution in [1.82, 2.24) is 9.97 Å². The molecule has 4 rings (SSSR count). The van der Waals surface area contributed by atoms with Gasteiger partial charge >= 0.3 is 6.01 Å². The largest absolute Gasteiger partial charge is 0.469 e. The van der Waals surface area contributed by atoms with Crippen LogP contribution in [0, 0.1) is 12.8 Å². The van der Waals surface area contributed by atoms with E-state index in [0.29, 0.717) is 5.75 Å². The number of hydrogen-bond acceptors (Lipinski definition) is 5. The van der Waals surface area contributed by atoms with Gasteiger partial charge in [0.25, 0.3) is 0 Å². The predicted octanol–water partition coefficient (Wildman–Crippen LogP) is 3.91. The lowest BCUT2D eigenvalue weighted by atomic mass is 10.1. The minimum absolute atomic E-state index is 0.0181. The third kappa shape index (κ3) is 3.38. The molecule has 1 N–H and O–H groups in total. The molecule has 6 heteroatoms. The van der Waals surface area contributed by atoms with Crippen molar-refractivity contribution in [2.75, 3.05) is 5.32 Å². The lowest BCUT2D eigenvalue weighted by molar-refractivity contribution is -0.117. The predicted molar refractivity (Wildman–Crippen MR) is 91.5 cm³/mol. The first kappa shape index (κ1) is 15.4. The number of carbonyl (C=O) groups excluding carboxylic acids is 1. The molecule has 6 nitrogen and oxygen atoms in total. The van der Waals surface area contributed by atoms with E-state index in [1.807, 2.05) is 31.2 Å². The summed E-state index contributed by atoms with van der Waals surface area (Å²) in [7, 11) is 0. The lowest BCUT2D eigenvalue weighted by Crippen LogP contribution is -2.15. The summed E-state index contributed by atoms with van der Waals surface area (Å²) in [5, 5.41) is 2.99. The van der Waals surface area contributed by atoms with E-state index in [4.69, 9.17) is 9.15 Å². The van der Waals surface area contributed by atoms with Crippen LogP contribution in [0.5, 0.6) is 11.8 Å². The minimum Gasteiger partial charge on any atom is -0.469 e. The highest BCUT2D eigenvalue weighted by Crippen LogP contribution is 2.48. The summed E-state index contributed by atoms with van der Waals surface area (Å²) in [5.74, 6) is 1.68. The summed E-state index contributed by atoms with van der Waals surface area (Å²) >= 11 is 0. The van der Waals surface area contributed by atoms with Crippen LogP contribution in [-0.4, -0.2) is 15.9 Å². The highest BCUT2D eigenvalue weighted by Gasteiger charge is 2.45. The molecule has 2 aromatic heterocycles. The van der Waals surface area contributed by atoms with Gasteiger partial charge in [0, 0.05) is 29.9 Å². The molecule has 25 heavy (non-hydrogen) atoms. The van der Waals surface area contributed by atoms with Gasteiger partial charge in [-0.3, -0.25) is 4.79 Å². The van der Waals surface area contributed by atoms with E-state index >= 15 is 0 Å². The maximum Gasteiger partial charge on any atom is 0.321 e. The van der Waals surface area contributed by atoms with Gasteiger partial charge in [0.15, 0.2) is 0 Å². The molecular weight excluding hydrogens is 318 g/mol. The fourth-order valence-electron chi connectivity index (χ4n) is 2.81. The first-order valence-corrected chi connectivity index (χ1v) is 8.10. The summed E-state index contributed by atoms with van der Waals surface area (Å²) in [4.78, 5) is 20.5. The quantitative estimate of drug-likeness (QED) is 0.765. The Kier molecular flexibility index (Phi) is 3.93. The van der Waals surface area contributed by atoms with E-state index < -0.39 is 0 Å². The van der Waals surface area contributed by atoms with Crippen LogP contribution in [-0.2, 0) is 4.79 Å². The van der Waals surface area contributed by atoms with Crippen molar-refractivity contribution in [3.05, 3.63) is 66.4 Å². The molecule has 0 radical (unpaired) electrons. The topological polar surface area (TPSA) is 77.3 Å². The first-order chi connectivity index (χ1) is 12.2. The van der Waals surface area contributed by atoms with Crippen LogP contribution < -0.4 is 10.1 Å². The SMILES string of the molecule is Cc1cc(Oc2ncccn2)ccc1NC(=O)[C@H]1C[C@@H]1c1ccco1. The zero-order valence-electron chi connectivity index (χ0n) is 13.7. The van der Waals surface area contributed by atoms with Crippen molar-refractivity contribution in [2.24, 2.45) is 5.92 Å². The molecule has 3 aromatic rings. The molecule has 0 unspecified atom stereocenters. The van der Waals surface area contributed by atoms with E-state index in [1.54, 1.807) is 30.8 Å². The number of anilines is 1. The molecule has 1 aromatic carbocycles. The van der Waals surface area contributed by atoms with E-state index in [2.05, 4.69) is 15.3 Å². The smallest absolute Gasteiger partial charge is 0.321 e. The van der Waals surface area contributed by atoms with Crippen molar-refractivity contribution in [2.45, 2.75) is 19.3 Å². The number of ether oxygens (including phenoxy) is 1. The van der Waals surface area contributed by atoms with Crippen LogP contribution in [0.4, 0.5) is 5.69 Å². The molecule has 1 aliphatic carbocycles. The van der Waals surface area contributed by atoms with Gasteiger partial charge in [-0.05, 0) is 55.3 Å². The van der Waals surface area contributed by atoms with Crippen LogP contribution in [0.3, 0.4) is 0 Å². The van der Waals surface area contributed by atoms with E-state index in [9.17, 15) is 4.79 Å². The minimum atomic E-state index is -0.0285. The second-order valence-electron chi connectivity index (χ2n) is 6.06. The second kappa shape index (κ2) is 6.39. The summed E-state index contributed by atoms with van der Waals surface area (Å²) < 4.78 is 11.0. The molecule has 2 atom stereocenters. The maximum atomic E-state index is 12.4.